The molecular formula is C17H15Cl2NO3. The Bertz CT molecular complexity index is 813. The topological polar surface area (TPSA) is 59.3 Å². The number of hydrogen-bond donors (Lipinski definition) is 1. The monoisotopic (exact) mass is 351 g/mol. The van der Waals surface area contributed by atoms with Crippen molar-refractivity contribution in [1.82, 2.24) is 4.57 Å². The Morgan fingerprint density at radius 3 is 2.43 bits per heavy atom. The van der Waals surface area contributed by atoms with Crippen molar-refractivity contribution in [3.05, 3.63) is 57.5 Å². The van der Waals surface area contributed by atoms with Crippen LogP contribution < -0.4 is 5.56 Å². The van der Waals surface area contributed by atoms with E-state index in [9.17, 15) is 14.7 Å². The van der Waals surface area contributed by atoms with E-state index >= 15 is 0 Å². The lowest BCUT2D eigenvalue weighted by molar-refractivity contribution is 0.100. The molecule has 1 aliphatic rings. The number of halogens is 2. The Hall–Kier alpha value is -1.78. The van der Waals surface area contributed by atoms with Crippen LogP contribution in [0, 0.1) is 0 Å². The highest BCUT2D eigenvalue weighted by molar-refractivity contribution is 6.55. The number of pyridine rings is 1. The summed E-state index contributed by atoms with van der Waals surface area (Å²) in [5.41, 5.74) is 1.14. The van der Waals surface area contributed by atoms with Crippen molar-refractivity contribution < 1.29 is 9.90 Å². The molecule has 1 aromatic carbocycles. The zero-order valence-corrected chi connectivity index (χ0v) is 13.8. The lowest BCUT2D eigenvalue weighted by atomic mass is 9.92. The molecule has 3 rings (SSSR count). The standard InChI is InChI=1S/C17H15Cl2NO3/c18-16(19)15(22)13-14(21)11-8-4-5-9-12(11)20(17(13)23)10-6-2-1-3-7-10/h1-3,6-7,16,21H,4-5,8-9H2. The molecule has 0 aliphatic heterocycles. The number of aromatic hydroxyl groups is 1. The molecular weight excluding hydrogens is 337 g/mol. The molecule has 6 heteroatoms. The first-order valence-corrected chi connectivity index (χ1v) is 8.27. The van der Waals surface area contributed by atoms with Crippen molar-refractivity contribution in [2.45, 2.75) is 30.5 Å². The quantitative estimate of drug-likeness (QED) is 0.680. The zero-order chi connectivity index (χ0) is 16.6. The van der Waals surface area contributed by atoms with E-state index in [1.165, 1.54) is 4.57 Å². The molecule has 2 aromatic rings. The van der Waals surface area contributed by atoms with Crippen molar-refractivity contribution in [2.24, 2.45) is 0 Å². The van der Waals surface area contributed by atoms with Gasteiger partial charge in [-0.05, 0) is 37.8 Å². The van der Waals surface area contributed by atoms with Crippen LogP contribution in [0.5, 0.6) is 5.75 Å². The molecule has 0 unspecified atom stereocenters. The third-order valence-corrected chi connectivity index (χ3v) is 4.50. The molecule has 0 spiro atoms. The van der Waals surface area contributed by atoms with Crippen LogP contribution in [0.25, 0.3) is 5.69 Å². The summed E-state index contributed by atoms with van der Waals surface area (Å²) < 4.78 is 1.50. The van der Waals surface area contributed by atoms with Gasteiger partial charge in [-0.3, -0.25) is 14.2 Å². The number of alkyl halides is 2. The van der Waals surface area contributed by atoms with Gasteiger partial charge in [-0.1, -0.05) is 41.4 Å². The summed E-state index contributed by atoms with van der Waals surface area (Å²) in [6.45, 7) is 0. The minimum atomic E-state index is -1.39. The van der Waals surface area contributed by atoms with Crippen molar-refractivity contribution in [3.8, 4) is 11.4 Å². The van der Waals surface area contributed by atoms with Gasteiger partial charge >= 0.3 is 0 Å². The van der Waals surface area contributed by atoms with E-state index in [0.717, 1.165) is 18.5 Å². The number of ketones is 1. The fourth-order valence-corrected chi connectivity index (χ4v) is 3.28. The Labute approximate surface area is 143 Å². The van der Waals surface area contributed by atoms with Crippen LogP contribution in [0.3, 0.4) is 0 Å². The summed E-state index contributed by atoms with van der Waals surface area (Å²) in [6.07, 6.45) is 3.11. The summed E-state index contributed by atoms with van der Waals surface area (Å²) in [7, 11) is 0. The van der Waals surface area contributed by atoms with Gasteiger partial charge in [0.05, 0.1) is 0 Å². The number of rotatable bonds is 3. The highest BCUT2D eigenvalue weighted by Gasteiger charge is 2.29. The van der Waals surface area contributed by atoms with Crippen LogP contribution in [0.4, 0.5) is 0 Å². The summed E-state index contributed by atoms with van der Waals surface area (Å²) >= 11 is 11.3. The third-order valence-electron chi connectivity index (χ3n) is 4.11. The number of carbonyl (C=O) groups excluding carboxylic acids is 1. The molecule has 1 heterocycles. The van der Waals surface area contributed by atoms with Crippen LogP contribution in [0.2, 0.25) is 0 Å². The predicted octanol–water partition coefficient (Wildman–Crippen LogP) is 3.41. The smallest absolute Gasteiger partial charge is 0.270 e. The molecule has 0 fully saturated rings. The number of fused-ring (bicyclic) bond motifs is 1. The third kappa shape index (κ3) is 2.77. The molecule has 0 bridgehead atoms. The first-order valence-electron chi connectivity index (χ1n) is 7.40. The SMILES string of the molecule is O=C(c1c(O)c2c(n(-c3ccccc3)c1=O)CCCC2)C(Cl)Cl. The Kier molecular flexibility index (Phi) is 4.46. The second-order valence-electron chi connectivity index (χ2n) is 5.50. The summed E-state index contributed by atoms with van der Waals surface area (Å²) in [5.74, 6) is -1.04. The number of carbonyl (C=O) groups is 1. The lowest BCUT2D eigenvalue weighted by Gasteiger charge is -2.23. The van der Waals surface area contributed by atoms with Gasteiger partial charge in [0.1, 0.15) is 11.3 Å². The first kappa shape index (κ1) is 16.1. The molecule has 4 nitrogen and oxygen atoms in total. The second-order valence-corrected chi connectivity index (χ2v) is 6.59. The second kappa shape index (κ2) is 6.38. The van der Waals surface area contributed by atoms with Gasteiger partial charge in [-0.25, -0.2) is 0 Å². The normalized spacial score (nSPS) is 13.9. The summed E-state index contributed by atoms with van der Waals surface area (Å²) in [6, 6.07) is 9.07. The number of Topliss-reactive ketones (excluding diaryl/α,β-unsaturated/α-hetero) is 1. The molecule has 0 saturated heterocycles. The number of benzene rings is 1. The maximum absolute atomic E-state index is 12.9. The van der Waals surface area contributed by atoms with Gasteiger partial charge in [-0.2, -0.15) is 0 Å². The highest BCUT2D eigenvalue weighted by atomic mass is 35.5. The predicted molar refractivity (Wildman–Crippen MR) is 90.2 cm³/mol. The van der Waals surface area contributed by atoms with Crippen LogP contribution >= 0.6 is 23.2 Å². The Balaban J connectivity index is 2.37. The fourth-order valence-electron chi connectivity index (χ4n) is 3.06. The zero-order valence-electron chi connectivity index (χ0n) is 12.3. The lowest BCUT2D eigenvalue weighted by Crippen LogP contribution is -2.32. The van der Waals surface area contributed by atoms with Crippen molar-refractivity contribution in [1.29, 1.82) is 0 Å². The molecule has 1 aromatic heterocycles. The van der Waals surface area contributed by atoms with Crippen molar-refractivity contribution >= 4 is 29.0 Å². The Morgan fingerprint density at radius 1 is 1.13 bits per heavy atom. The average Bonchev–Trinajstić information content (AvgIpc) is 2.56. The maximum Gasteiger partial charge on any atom is 0.270 e. The van der Waals surface area contributed by atoms with Gasteiger partial charge in [0.25, 0.3) is 5.56 Å². The van der Waals surface area contributed by atoms with E-state index in [2.05, 4.69) is 0 Å². The fraction of sp³-hybridized carbons (Fsp3) is 0.294. The van der Waals surface area contributed by atoms with E-state index in [1.54, 1.807) is 12.1 Å². The molecule has 23 heavy (non-hydrogen) atoms. The molecule has 0 saturated carbocycles. The minimum absolute atomic E-state index is 0.270. The maximum atomic E-state index is 12.9. The van der Waals surface area contributed by atoms with E-state index < -0.39 is 16.2 Å². The largest absolute Gasteiger partial charge is 0.507 e. The molecule has 1 aliphatic carbocycles. The molecule has 0 radical (unpaired) electrons. The summed E-state index contributed by atoms with van der Waals surface area (Å²) in [4.78, 5) is 23.7. The van der Waals surface area contributed by atoms with Crippen molar-refractivity contribution in [2.75, 3.05) is 0 Å². The minimum Gasteiger partial charge on any atom is -0.507 e. The van der Waals surface area contributed by atoms with E-state index in [4.69, 9.17) is 23.2 Å². The first-order chi connectivity index (χ1) is 11.0. The van der Waals surface area contributed by atoms with E-state index in [1.807, 2.05) is 18.2 Å². The van der Waals surface area contributed by atoms with Crippen LogP contribution in [-0.2, 0) is 12.8 Å². The molecule has 0 atom stereocenters. The van der Waals surface area contributed by atoms with Gasteiger partial charge in [0.2, 0.25) is 5.78 Å². The molecule has 1 N–H and O–H groups in total. The molecule has 0 amide bonds. The van der Waals surface area contributed by atoms with Gasteiger partial charge < -0.3 is 5.11 Å². The van der Waals surface area contributed by atoms with Crippen LogP contribution in [0.15, 0.2) is 35.1 Å². The van der Waals surface area contributed by atoms with Gasteiger partial charge in [0, 0.05) is 16.9 Å². The van der Waals surface area contributed by atoms with Crippen LogP contribution in [-0.4, -0.2) is 20.3 Å². The average molecular weight is 352 g/mol. The number of nitrogens with zero attached hydrogens (tertiary/aromatic N) is 1. The van der Waals surface area contributed by atoms with Gasteiger partial charge in [-0.15, -0.1) is 0 Å². The highest BCUT2D eigenvalue weighted by Crippen LogP contribution is 2.32. The number of hydrogen-bond acceptors (Lipinski definition) is 3. The molecule has 120 valence electrons. The van der Waals surface area contributed by atoms with Gasteiger partial charge in [0.15, 0.2) is 4.84 Å². The van der Waals surface area contributed by atoms with E-state index in [-0.39, 0.29) is 11.3 Å². The number of para-hydroxylation sites is 1. The Morgan fingerprint density at radius 2 is 1.78 bits per heavy atom. The van der Waals surface area contributed by atoms with E-state index in [0.29, 0.717) is 24.1 Å². The van der Waals surface area contributed by atoms with Crippen LogP contribution in [0.1, 0.15) is 34.5 Å². The summed E-state index contributed by atoms with van der Waals surface area (Å²) in [5, 5.41) is 10.5. The van der Waals surface area contributed by atoms with Crippen molar-refractivity contribution in [3.63, 3.8) is 0 Å². The number of aromatic nitrogens is 1.